The number of carbonyl (C=O) groups is 1. The van der Waals surface area contributed by atoms with Crippen LogP contribution in [0, 0.1) is 5.92 Å². The second-order valence-corrected chi connectivity index (χ2v) is 9.26. The van der Waals surface area contributed by atoms with E-state index >= 15 is 0 Å². The average molecular weight is 396 g/mol. The van der Waals surface area contributed by atoms with Gasteiger partial charge in [-0.1, -0.05) is 19.8 Å². The standard InChI is InChI=1S/C19H29N3O4S/c1-13-5-3-4-6-16(13)21-19(23)12-20-17-11-15(9-10-18(17)26-2)27(24,25)22-14-7-8-14/h9-11,13-14,16,20,22H,3-8,12H2,1-2H3,(H,21,23)/t13-,16+/m1/s1. The molecule has 3 N–H and O–H groups in total. The lowest BCUT2D eigenvalue weighted by Gasteiger charge is -2.29. The summed E-state index contributed by atoms with van der Waals surface area (Å²) >= 11 is 0. The number of amides is 1. The molecule has 0 saturated heterocycles. The number of anilines is 1. The van der Waals surface area contributed by atoms with E-state index < -0.39 is 10.0 Å². The Balaban J connectivity index is 1.64. The number of methoxy groups -OCH3 is 1. The maximum absolute atomic E-state index is 12.4. The van der Waals surface area contributed by atoms with E-state index in [0.29, 0.717) is 17.4 Å². The van der Waals surface area contributed by atoms with Crippen LogP contribution in [0.15, 0.2) is 23.1 Å². The highest BCUT2D eigenvalue weighted by molar-refractivity contribution is 7.89. The highest BCUT2D eigenvalue weighted by Gasteiger charge is 2.28. The summed E-state index contributed by atoms with van der Waals surface area (Å²) in [6.45, 7) is 2.24. The van der Waals surface area contributed by atoms with Crippen LogP contribution in [0.25, 0.3) is 0 Å². The summed E-state index contributed by atoms with van der Waals surface area (Å²) in [5, 5.41) is 6.10. The van der Waals surface area contributed by atoms with Gasteiger partial charge in [0, 0.05) is 12.1 Å². The first-order valence-corrected chi connectivity index (χ1v) is 11.1. The fourth-order valence-corrected chi connectivity index (χ4v) is 4.78. The molecule has 0 bridgehead atoms. The SMILES string of the molecule is COc1ccc(S(=O)(=O)NC2CC2)cc1NCC(=O)N[C@H]1CCCC[C@H]1C. The lowest BCUT2D eigenvalue weighted by atomic mass is 9.86. The van der Waals surface area contributed by atoms with E-state index in [-0.39, 0.29) is 29.4 Å². The summed E-state index contributed by atoms with van der Waals surface area (Å²) in [4.78, 5) is 12.5. The molecule has 2 saturated carbocycles. The van der Waals surface area contributed by atoms with E-state index in [2.05, 4.69) is 22.3 Å². The van der Waals surface area contributed by atoms with Crippen LogP contribution in [-0.2, 0) is 14.8 Å². The highest BCUT2D eigenvalue weighted by atomic mass is 32.2. The number of rotatable bonds is 8. The van der Waals surface area contributed by atoms with Crippen molar-refractivity contribution in [3.63, 3.8) is 0 Å². The summed E-state index contributed by atoms with van der Waals surface area (Å²) in [7, 11) is -2.04. The minimum atomic E-state index is -3.56. The summed E-state index contributed by atoms with van der Waals surface area (Å²) in [5.74, 6) is 0.888. The summed E-state index contributed by atoms with van der Waals surface area (Å²) in [6.07, 6.45) is 6.26. The summed E-state index contributed by atoms with van der Waals surface area (Å²) < 4.78 is 32.8. The third kappa shape index (κ3) is 5.35. The number of sulfonamides is 1. The Morgan fingerprint density at radius 2 is 1.93 bits per heavy atom. The van der Waals surface area contributed by atoms with E-state index in [9.17, 15) is 13.2 Å². The molecule has 0 heterocycles. The normalized spacial score (nSPS) is 22.9. The first-order valence-electron chi connectivity index (χ1n) is 9.62. The van der Waals surface area contributed by atoms with Crippen molar-refractivity contribution in [2.24, 2.45) is 5.92 Å². The summed E-state index contributed by atoms with van der Waals surface area (Å²) in [6, 6.07) is 4.88. The first-order chi connectivity index (χ1) is 12.9. The van der Waals surface area contributed by atoms with Crippen LogP contribution in [0.3, 0.4) is 0 Å². The molecular formula is C19H29N3O4S. The van der Waals surface area contributed by atoms with Crippen LogP contribution < -0.4 is 20.1 Å². The van der Waals surface area contributed by atoms with Crippen LogP contribution in [-0.4, -0.2) is 40.1 Å². The Hall–Kier alpha value is -1.80. The molecule has 1 aromatic rings. The Morgan fingerprint density at radius 3 is 2.59 bits per heavy atom. The molecule has 2 aliphatic rings. The molecule has 0 aromatic heterocycles. The third-order valence-electron chi connectivity index (χ3n) is 5.28. The van der Waals surface area contributed by atoms with Crippen molar-refractivity contribution >= 4 is 21.6 Å². The number of nitrogens with one attached hydrogen (secondary N) is 3. The van der Waals surface area contributed by atoms with Crippen LogP contribution in [0.4, 0.5) is 5.69 Å². The van der Waals surface area contributed by atoms with Gasteiger partial charge in [0.2, 0.25) is 15.9 Å². The van der Waals surface area contributed by atoms with Crippen molar-refractivity contribution in [1.82, 2.24) is 10.0 Å². The predicted octanol–water partition coefficient (Wildman–Crippen LogP) is 2.24. The fourth-order valence-electron chi connectivity index (χ4n) is 3.45. The summed E-state index contributed by atoms with van der Waals surface area (Å²) in [5.41, 5.74) is 0.489. The minimum Gasteiger partial charge on any atom is -0.495 e. The molecular weight excluding hydrogens is 366 g/mol. The maximum Gasteiger partial charge on any atom is 0.240 e. The van der Waals surface area contributed by atoms with Gasteiger partial charge in [-0.2, -0.15) is 0 Å². The molecule has 3 rings (SSSR count). The van der Waals surface area contributed by atoms with Gasteiger partial charge in [0.05, 0.1) is 24.2 Å². The molecule has 1 aromatic carbocycles. The molecule has 2 atom stereocenters. The van der Waals surface area contributed by atoms with Gasteiger partial charge in [-0.25, -0.2) is 13.1 Å². The smallest absolute Gasteiger partial charge is 0.240 e. The zero-order valence-electron chi connectivity index (χ0n) is 16.0. The highest BCUT2D eigenvalue weighted by Crippen LogP contribution is 2.29. The maximum atomic E-state index is 12.4. The van der Waals surface area contributed by atoms with Gasteiger partial charge in [-0.3, -0.25) is 4.79 Å². The molecule has 2 aliphatic carbocycles. The fraction of sp³-hybridized carbons (Fsp3) is 0.632. The molecule has 0 radical (unpaired) electrons. The average Bonchev–Trinajstić information content (AvgIpc) is 3.45. The molecule has 8 heteroatoms. The Morgan fingerprint density at radius 1 is 1.19 bits per heavy atom. The monoisotopic (exact) mass is 395 g/mol. The molecule has 1 amide bonds. The van der Waals surface area contributed by atoms with Crippen molar-refractivity contribution in [2.75, 3.05) is 19.0 Å². The van der Waals surface area contributed by atoms with Crippen molar-refractivity contribution in [2.45, 2.75) is 62.4 Å². The van der Waals surface area contributed by atoms with Crippen molar-refractivity contribution < 1.29 is 17.9 Å². The third-order valence-corrected chi connectivity index (χ3v) is 6.80. The number of carbonyl (C=O) groups excluding carboxylic acids is 1. The molecule has 150 valence electrons. The molecule has 7 nitrogen and oxygen atoms in total. The number of hydrogen-bond donors (Lipinski definition) is 3. The van der Waals surface area contributed by atoms with Crippen LogP contribution in [0.5, 0.6) is 5.75 Å². The van der Waals surface area contributed by atoms with Crippen LogP contribution >= 0.6 is 0 Å². The first kappa shape index (κ1) is 19.9. The van der Waals surface area contributed by atoms with Crippen molar-refractivity contribution in [3.05, 3.63) is 18.2 Å². The van der Waals surface area contributed by atoms with Crippen LogP contribution in [0.2, 0.25) is 0 Å². The van der Waals surface area contributed by atoms with E-state index in [4.69, 9.17) is 4.74 Å². The zero-order chi connectivity index (χ0) is 19.4. The zero-order valence-corrected chi connectivity index (χ0v) is 16.8. The number of ether oxygens (including phenoxy) is 1. The lowest BCUT2D eigenvalue weighted by Crippen LogP contribution is -2.43. The number of benzene rings is 1. The topological polar surface area (TPSA) is 96.5 Å². The molecule has 0 aliphatic heterocycles. The van der Waals surface area contributed by atoms with E-state index in [1.807, 2.05) is 0 Å². The van der Waals surface area contributed by atoms with E-state index in [1.165, 1.54) is 25.7 Å². The van der Waals surface area contributed by atoms with Crippen molar-refractivity contribution in [1.29, 1.82) is 0 Å². The predicted molar refractivity (Wildman–Crippen MR) is 104 cm³/mol. The Bertz CT molecular complexity index is 777. The quantitative estimate of drug-likeness (QED) is 0.627. The number of hydrogen-bond acceptors (Lipinski definition) is 5. The van der Waals surface area contributed by atoms with Gasteiger partial charge >= 0.3 is 0 Å². The van der Waals surface area contributed by atoms with Crippen LogP contribution in [0.1, 0.15) is 45.4 Å². The molecule has 0 unspecified atom stereocenters. The van der Waals surface area contributed by atoms with Gasteiger partial charge in [-0.05, 0) is 49.8 Å². The molecule has 0 spiro atoms. The lowest BCUT2D eigenvalue weighted by molar-refractivity contribution is -0.120. The van der Waals surface area contributed by atoms with Gasteiger partial charge in [0.15, 0.2) is 0 Å². The molecule has 27 heavy (non-hydrogen) atoms. The van der Waals surface area contributed by atoms with E-state index in [1.54, 1.807) is 6.07 Å². The van der Waals surface area contributed by atoms with Gasteiger partial charge in [-0.15, -0.1) is 0 Å². The second kappa shape index (κ2) is 8.48. The second-order valence-electron chi connectivity index (χ2n) is 7.55. The van der Waals surface area contributed by atoms with E-state index in [0.717, 1.165) is 32.1 Å². The molecule has 2 fully saturated rings. The van der Waals surface area contributed by atoms with Gasteiger partial charge in [0.25, 0.3) is 0 Å². The van der Waals surface area contributed by atoms with Gasteiger partial charge < -0.3 is 15.4 Å². The minimum absolute atomic E-state index is 0.0387. The largest absolute Gasteiger partial charge is 0.495 e. The Labute approximate surface area is 161 Å². The van der Waals surface area contributed by atoms with Gasteiger partial charge in [0.1, 0.15) is 5.75 Å². The van der Waals surface area contributed by atoms with Crippen molar-refractivity contribution in [3.8, 4) is 5.75 Å². The Kier molecular flexibility index (Phi) is 6.26.